The second-order valence-electron chi connectivity index (χ2n) is 3.84. The van der Waals surface area contributed by atoms with Crippen molar-refractivity contribution in [3.8, 4) is 0 Å². The quantitative estimate of drug-likeness (QED) is 0.843. The second kappa shape index (κ2) is 4.99. The van der Waals surface area contributed by atoms with Crippen LogP contribution in [0.1, 0.15) is 31.0 Å². The van der Waals surface area contributed by atoms with Gasteiger partial charge in [0, 0.05) is 24.0 Å². The maximum Gasteiger partial charge on any atom is 0.232 e. The van der Waals surface area contributed by atoms with Gasteiger partial charge in [-0.2, -0.15) is 16.7 Å². The molecule has 4 nitrogen and oxygen atoms in total. The van der Waals surface area contributed by atoms with Gasteiger partial charge in [0.15, 0.2) is 5.82 Å². The minimum atomic E-state index is 0.387. The van der Waals surface area contributed by atoms with Crippen LogP contribution < -0.4 is 5.32 Å². The van der Waals surface area contributed by atoms with Crippen molar-refractivity contribution in [3.05, 3.63) is 11.7 Å². The molecule has 0 amide bonds. The molecule has 1 N–H and O–H groups in total. The molecule has 15 heavy (non-hydrogen) atoms. The Bertz CT molecular complexity index is 315. The van der Waals surface area contributed by atoms with Crippen molar-refractivity contribution in [1.82, 2.24) is 15.5 Å². The normalized spacial score (nSPS) is 26.0. The molecule has 1 aromatic heterocycles. The van der Waals surface area contributed by atoms with Crippen LogP contribution in [0.3, 0.4) is 0 Å². The van der Waals surface area contributed by atoms with Gasteiger partial charge in [-0.15, -0.1) is 0 Å². The predicted octanol–water partition coefficient (Wildman–Crippen LogP) is 1.44. The lowest BCUT2D eigenvalue weighted by molar-refractivity contribution is 0.340. The molecule has 1 saturated heterocycles. The average molecular weight is 227 g/mol. The number of aromatic nitrogens is 2. The molecule has 0 aliphatic carbocycles. The third kappa shape index (κ3) is 2.34. The number of hydrogen-bond donors (Lipinski definition) is 1. The van der Waals surface area contributed by atoms with Crippen molar-refractivity contribution in [2.75, 3.05) is 18.6 Å². The van der Waals surface area contributed by atoms with Crippen LogP contribution >= 0.6 is 11.8 Å². The Morgan fingerprint density at radius 1 is 1.53 bits per heavy atom. The maximum absolute atomic E-state index is 5.32. The fourth-order valence-corrected chi connectivity index (χ4v) is 3.24. The van der Waals surface area contributed by atoms with Gasteiger partial charge >= 0.3 is 0 Å². The van der Waals surface area contributed by atoms with Crippen LogP contribution in [0, 0.1) is 0 Å². The molecule has 5 heteroatoms. The number of nitrogens with zero attached hydrogens (tertiary/aromatic N) is 2. The van der Waals surface area contributed by atoms with Crippen molar-refractivity contribution in [2.45, 2.75) is 31.7 Å². The molecule has 84 valence electrons. The molecular formula is C10H17N3OS. The Balaban J connectivity index is 2.07. The Hall–Kier alpha value is -0.550. The number of rotatable bonds is 4. The standard InChI is InChI=1S/C10H17N3OS/c1-3-4-9-12-10(14-13-9)7-5-15-6-8(7)11-2/h7-8,11H,3-6H2,1-2H3. The Morgan fingerprint density at radius 2 is 2.40 bits per heavy atom. The molecule has 2 unspecified atom stereocenters. The highest BCUT2D eigenvalue weighted by Crippen LogP contribution is 2.31. The first kappa shape index (κ1) is 11.0. The van der Waals surface area contributed by atoms with Gasteiger partial charge in [-0.3, -0.25) is 0 Å². The van der Waals surface area contributed by atoms with E-state index in [4.69, 9.17) is 4.52 Å². The summed E-state index contributed by atoms with van der Waals surface area (Å²) in [6, 6.07) is 0.477. The zero-order valence-corrected chi connectivity index (χ0v) is 10.0. The van der Waals surface area contributed by atoms with Gasteiger partial charge < -0.3 is 9.84 Å². The highest BCUT2D eigenvalue weighted by Gasteiger charge is 2.32. The lowest BCUT2D eigenvalue weighted by Crippen LogP contribution is -2.31. The number of nitrogens with one attached hydrogen (secondary N) is 1. The topological polar surface area (TPSA) is 51.0 Å². The summed E-state index contributed by atoms with van der Waals surface area (Å²) in [7, 11) is 1.99. The molecule has 1 aliphatic heterocycles. The summed E-state index contributed by atoms with van der Waals surface area (Å²) in [5.74, 6) is 4.26. The van der Waals surface area contributed by atoms with Gasteiger partial charge in [0.1, 0.15) is 0 Å². The summed E-state index contributed by atoms with van der Waals surface area (Å²) >= 11 is 1.94. The van der Waals surface area contributed by atoms with E-state index in [0.29, 0.717) is 12.0 Å². The lowest BCUT2D eigenvalue weighted by atomic mass is 10.0. The molecule has 0 bridgehead atoms. The van der Waals surface area contributed by atoms with Crippen molar-refractivity contribution >= 4 is 11.8 Å². The Kier molecular flexibility index (Phi) is 3.64. The van der Waals surface area contributed by atoms with Gasteiger partial charge in [0.05, 0.1) is 5.92 Å². The number of likely N-dealkylation sites (N-methyl/N-ethyl adjacent to an activating group) is 1. The molecule has 0 radical (unpaired) electrons. The molecule has 0 aromatic carbocycles. The fourth-order valence-electron chi connectivity index (χ4n) is 1.83. The minimum Gasteiger partial charge on any atom is -0.339 e. The second-order valence-corrected chi connectivity index (χ2v) is 4.91. The van der Waals surface area contributed by atoms with E-state index in [9.17, 15) is 0 Å². The number of aryl methyl sites for hydroxylation is 1. The summed E-state index contributed by atoms with van der Waals surface area (Å²) in [5, 5.41) is 7.30. The van der Waals surface area contributed by atoms with E-state index in [1.165, 1.54) is 0 Å². The molecule has 1 aromatic rings. The highest BCUT2D eigenvalue weighted by molar-refractivity contribution is 7.99. The van der Waals surface area contributed by atoms with E-state index in [-0.39, 0.29) is 0 Å². The Morgan fingerprint density at radius 3 is 3.13 bits per heavy atom. The summed E-state index contributed by atoms with van der Waals surface area (Å²) in [6.45, 7) is 2.12. The average Bonchev–Trinajstić information content (AvgIpc) is 2.84. The van der Waals surface area contributed by atoms with Crippen molar-refractivity contribution < 1.29 is 4.52 Å². The fraction of sp³-hybridized carbons (Fsp3) is 0.800. The first-order chi connectivity index (χ1) is 7.35. The van der Waals surface area contributed by atoms with Crippen molar-refractivity contribution in [2.24, 2.45) is 0 Å². The van der Waals surface area contributed by atoms with Crippen LogP contribution in [0.4, 0.5) is 0 Å². The lowest BCUT2D eigenvalue weighted by Gasteiger charge is -2.13. The summed E-state index contributed by atoms with van der Waals surface area (Å²) in [6.07, 6.45) is 1.97. The molecule has 1 aliphatic rings. The van der Waals surface area contributed by atoms with Gasteiger partial charge in [-0.05, 0) is 13.5 Å². The van der Waals surface area contributed by atoms with Gasteiger partial charge in [0.2, 0.25) is 5.89 Å². The molecule has 1 fully saturated rings. The van der Waals surface area contributed by atoms with Gasteiger partial charge in [-0.1, -0.05) is 12.1 Å². The van der Waals surface area contributed by atoms with Gasteiger partial charge in [-0.25, -0.2) is 0 Å². The molecule has 2 atom stereocenters. The highest BCUT2D eigenvalue weighted by atomic mass is 32.2. The number of hydrogen-bond acceptors (Lipinski definition) is 5. The summed E-state index contributed by atoms with van der Waals surface area (Å²) < 4.78 is 5.32. The van der Waals surface area contributed by atoms with Gasteiger partial charge in [0.25, 0.3) is 0 Å². The van der Waals surface area contributed by atoms with E-state index < -0.39 is 0 Å². The van der Waals surface area contributed by atoms with E-state index >= 15 is 0 Å². The summed E-state index contributed by atoms with van der Waals surface area (Å²) in [4.78, 5) is 4.45. The van der Waals surface area contributed by atoms with Crippen LogP contribution in [0.5, 0.6) is 0 Å². The molecule has 0 saturated carbocycles. The zero-order chi connectivity index (χ0) is 10.7. The van der Waals surface area contributed by atoms with Crippen molar-refractivity contribution in [1.29, 1.82) is 0 Å². The first-order valence-electron chi connectivity index (χ1n) is 5.42. The first-order valence-corrected chi connectivity index (χ1v) is 6.58. The molecule has 2 rings (SSSR count). The van der Waals surface area contributed by atoms with E-state index in [0.717, 1.165) is 36.1 Å². The van der Waals surface area contributed by atoms with E-state index in [1.54, 1.807) is 0 Å². The van der Waals surface area contributed by atoms with Crippen LogP contribution in [0.25, 0.3) is 0 Å². The summed E-state index contributed by atoms with van der Waals surface area (Å²) in [5.41, 5.74) is 0. The van der Waals surface area contributed by atoms with Crippen LogP contribution in [-0.4, -0.2) is 34.7 Å². The van der Waals surface area contributed by atoms with Crippen LogP contribution in [0.2, 0.25) is 0 Å². The molecular weight excluding hydrogens is 210 g/mol. The van der Waals surface area contributed by atoms with Crippen molar-refractivity contribution in [3.63, 3.8) is 0 Å². The number of thioether (sulfide) groups is 1. The van der Waals surface area contributed by atoms with Crippen LogP contribution in [0.15, 0.2) is 4.52 Å². The van der Waals surface area contributed by atoms with E-state index in [2.05, 4.69) is 22.4 Å². The largest absolute Gasteiger partial charge is 0.339 e. The SMILES string of the molecule is CCCc1noc(C2CSCC2NC)n1. The predicted molar refractivity (Wildman–Crippen MR) is 61.2 cm³/mol. The monoisotopic (exact) mass is 227 g/mol. The minimum absolute atomic E-state index is 0.387. The Labute approximate surface area is 94.2 Å². The third-order valence-corrected chi connectivity index (χ3v) is 3.92. The zero-order valence-electron chi connectivity index (χ0n) is 9.19. The molecule has 2 heterocycles. The molecule has 0 spiro atoms. The van der Waals surface area contributed by atoms with E-state index in [1.807, 2.05) is 18.8 Å². The smallest absolute Gasteiger partial charge is 0.232 e. The van der Waals surface area contributed by atoms with Crippen LogP contribution in [-0.2, 0) is 6.42 Å². The third-order valence-electron chi connectivity index (χ3n) is 2.73. The maximum atomic E-state index is 5.32.